The summed E-state index contributed by atoms with van der Waals surface area (Å²) in [4.78, 5) is 14.3. The minimum Gasteiger partial charge on any atom is -0.336 e. The number of urea groups is 1. The number of carbonyl (C=O) groups excluding carboxylic acids is 1. The molecule has 1 aliphatic rings. The van der Waals surface area contributed by atoms with Crippen molar-refractivity contribution >= 4 is 6.03 Å². The van der Waals surface area contributed by atoms with Crippen molar-refractivity contribution in [1.82, 2.24) is 15.5 Å². The Morgan fingerprint density at radius 1 is 1.20 bits per heavy atom. The maximum absolute atomic E-state index is 11.9. The molecular weight excluding hydrogens is 250 g/mol. The molecule has 2 N–H and O–H groups in total. The molecule has 0 aromatic heterocycles. The standard InChI is InChI=1S/C16H33N3O/c1-4-19(5-2)13-9-10-14(3)17-16(20)18-15-11-7-6-8-12-15/h14-15H,4-13H2,1-3H3,(H2,17,18,20)/t14-/m0/s1. The number of nitrogens with one attached hydrogen (secondary N) is 2. The SMILES string of the molecule is CCN(CC)CCC[C@H](C)NC(=O)NC1CCCCC1. The molecule has 4 heteroatoms. The smallest absolute Gasteiger partial charge is 0.315 e. The summed E-state index contributed by atoms with van der Waals surface area (Å²) < 4.78 is 0. The Hall–Kier alpha value is -0.770. The molecule has 0 bridgehead atoms. The third-order valence-electron chi connectivity index (χ3n) is 4.32. The molecule has 118 valence electrons. The van der Waals surface area contributed by atoms with E-state index in [-0.39, 0.29) is 12.1 Å². The zero-order valence-electron chi connectivity index (χ0n) is 13.6. The number of amides is 2. The average molecular weight is 283 g/mol. The summed E-state index contributed by atoms with van der Waals surface area (Å²) in [6, 6.07) is 0.674. The van der Waals surface area contributed by atoms with Crippen molar-refractivity contribution in [3.8, 4) is 0 Å². The molecule has 1 rings (SSSR count). The molecule has 0 radical (unpaired) electrons. The van der Waals surface area contributed by atoms with Crippen molar-refractivity contribution < 1.29 is 4.79 Å². The van der Waals surface area contributed by atoms with Crippen LogP contribution in [0.3, 0.4) is 0 Å². The molecule has 0 spiro atoms. The van der Waals surface area contributed by atoms with Crippen LogP contribution in [0, 0.1) is 0 Å². The molecular formula is C16H33N3O. The fraction of sp³-hybridized carbons (Fsp3) is 0.938. The van der Waals surface area contributed by atoms with E-state index >= 15 is 0 Å². The van der Waals surface area contributed by atoms with Crippen LogP contribution in [0.1, 0.15) is 65.7 Å². The zero-order chi connectivity index (χ0) is 14.8. The van der Waals surface area contributed by atoms with Crippen molar-refractivity contribution in [2.75, 3.05) is 19.6 Å². The van der Waals surface area contributed by atoms with Crippen LogP contribution in [-0.2, 0) is 0 Å². The summed E-state index contributed by atoms with van der Waals surface area (Å²) >= 11 is 0. The Morgan fingerprint density at radius 3 is 2.45 bits per heavy atom. The summed E-state index contributed by atoms with van der Waals surface area (Å²) in [7, 11) is 0. The Labute approximate surface area is 124 Å². The number of hydrogen-bond donors (Lipinski definition) is 2. The molecule has 2 amide bonds. The molecule has 0 saturated heterocycles. The van der Waals surface area contributed by atoms with Crippen LogP contribution in [0.5, 0.6) is 0 Å². The molecule has 1 fully saturated rings. The quantitative estimate of drug-likeness (QED) is 0.719. The van der Waals surface area contributed by atoms with Gasteiger partial charge in [0.2, 0.25) is 0 Å². The van der Waals surface area contributed by atoms with E-state index in [0.717, 1.165) is 45.3 Å². The molecule has 0 unspecified atom stereocenters. The lowest BCUT2D eigenvalue weighted by atomic mass is 9.96. The fourth-order valence-corrected chi connectivity index (χ4v) is 2.93. The number of rotatable bonds is 8. The van der Waals surface area contributed by atoms with Gasteiger partial charge in [0, 0.05) is 12.1 Å². The maximum atomic E-state index is 11.9. The van der Waals surface area contributed by atoms with Crippen LogP contribution >= 0.6 is 0 Å². The van der Waals surface area contributed by atoms with Gasteiger partial charge in [-0.3, -0.25) is 0 Å². The maximum Gasteiger partial charge on any atom is 0.315 e. The molecule has 0 aromatic carbocycles. The molecule has 4 nitrogen and oxygen atoms in total. The minimum atomic E-state index is 0.0206. The molecule has 1 atom stereocenters. The highest BCUT2D eigenvalue weighted by Crippen LogP contribution is 2.17. The Balaban J connectivity index is 2.11. The predicted molar refractivity (Wildman–Crippen MR) is 85.0 cm³/mol. The van der Waals surface area contributed by atoms with E-state index in [2.05, 4.69) is 36.3 Å². The van der Waals surface area contributed by atoms with Gasteiger partial charge in [-0.25, -0.2) is 4.79 Å². The van der Waals surface area contributed by atoms with Gasteiger partial charge >= 0.3 is 6.03 Å². The van der Waals surface area contributed by atoms with E-state index < -0.39 is 0 Å². The monoisotopic (exact) mass is 283 g/mol. The average Bonchev–Trinajstić information content (AvgIpc) is 2.44. The molecule has 0 aromatic rings. The molecule has 1 aliphatic carbocycles. The first kappa shape index (κ1) is 17.3. The number of carbonyl (C=O) groups is 1. The van der Waals surface area contributed by atoms with Crippen molar-refractivity contribution in [1.29, 1.82) is 0 Å². The Kier molecular flexibility index (Phi) is 8.67. The van der Waals surface area contributed by atoms with Crippen LogP contribution in [0.4, 0.5) is 4.79 Å². The highest BCUT2D eigenvalue weighted by molar-refractivity contribution is 5.74. The normalized spacial score (nSPS) is 18.0. The lowest BCUT2D eigenvalue weighted by Crippen LogP contribution is -2.46. The van der Waals surface area contributed by atoms with Crippen molar-refractivity contribution in [3.63, 3.8) is 0 Å². The lowest BCUT2D eigenvalue weighted by Gasteiger charge is -2.24. The van der Waals surface area contributed by atoms with Gasteiger partial charge < -0.3 is 15.5 Å². The second-order valence-corrected chi connectivity index (χ2v) is 6.02. The van der Waals surface area contributed by atoms with Gasteiger partial charge in [0.25, 0.3) is 0 Å². The second-order valence-electron chi connectivity index (χ2n) is 6.02. The van der Waals surface area contributed by atoms with Crippen LogP contribution in [0.25, 0.3) is 0 Å². The van der Waals surface area contributed by atoms with Gasteiger partial charge in [-0.2, -0.15) is 0 Å². The second kappa shape index (κ2) is 10.0. The van der Waals surface area contributed by atoms with Crippen LogP contribution in [-0.4, -0.2) is 42.6 Å². The molecule has 0 heterocycles. The van der Waals surface area contributed by atoms with E-state index in [9.17, 15) is 4.79 Å². The third kappa shape index (κ3) is 7.13. The van der Waals surface area contributed by atoms with Gasteiger partial charge in [-0.05, 0) is 52.2 Å². The molecule has 20 heavy (non-hydrogen) atoms. The van der Waals surface area contributed by atoms with Gasteiger partial charge in [0.15, 0.2) is 0 Å². The Morgan fingerprint density at radius 2 is 1.85 bits per heavy atom. The van der Waals surface area contributed by atoms with E-state index in [0.29, 0.717) is 6.04 Å². The van der Waals surface area contributed by atoms with Crippen LogP contribution in [0.2, 0.25) is 0 Å². The number of nitrogens with zero attached hydrogens (tertiary/aromatic N) is 1. The summed E-state index contributed by atoms with van der Waals surface area (Å²) in [6.45, 7) is 9.85. The highest BCUT2D eigenvalue weighted by atomic mass is 16.2. The number of hydrogen-bond acceptors (Lipinski definition) is 2. The summed E-state index contributed by atoms with van der Waals surface area (Å²) in [5.74, 6) is 0. The first-order chi connectivity index (χ1) is 9.65. The first-order valence-electron chi connectivity index (χ1n) is 8.45. The topological polar surface area (TPSA) is 44.4 Å². The zero-order valence-corrected chi connectivity index (χ0v) is 13.6. The van der Waals surface area contributed by atoms with Gasteiger partial charge in [-0.1, -0.05) is 33.1 Å². The highest BCUT2D eigenvalue weighted by Gasteiger charge is 2.16. The van der Waals surface area contributed by atoms with Gasteiger partial charge in [0.05, 0.1) is 0 Å². The molecule has 0 aliphatic heterocycles. The first-order valence-corrected chi connectivity index (χ1v) is 8.45. The van der Waals surface area contributed by atoms with E-state index in [1.54, 1.807) is 0 Å². The van der Waals surface area contributed by atoms with Crippen molar-refractivity contribution in [3.05, 3.63) is 0 Å². The fourth-order valence-electron chi connectivity index (χ4n) is 2.93. The third-order valence-corrected chi connectivity index (χ3v) is 4.32. The van der Waals surface area contributed by atoms with Gasteiger partial charge in [-0.15, -0.1) is 0 Å². The minimum absolute atomic E-state index is 0.0206. The predicted octanol–water partition coefficient (Wildman–Crippen LogP) is 3.13. The summed E-state index contributed by atoms with van der Waals surface area (Å²) in [6.07, 6.45) is 8.31. The van der Waals surface area contributed by atoms with E-state index in [1.807, 2.05) is 0 Å². The van der Waals surface area contributed by atoms with E-state index in [4.69, 9.17) is 0 Å². The lowest BCUT2D eigenvalue weighted by molar-refractivity contribution is 0.227. The van der Waals surface area contributed by atoms with Crippen molar-refractivity contribution in [2.45, 2.75) is 77.8 Å². The van der Waals surface area contributed by atoms with E-state index in [1.165, 1.54) is 19.3 Å². The van der Waals surface area contributed by atoms with Gasteiger partial charge in [0.1, 0.15) is 0 Å². The Bertz CT molecular complexity index is 260. The summed E-state index contributed by atoms with van der Waals surface area (Å²) in [5, 5.41) is 6.18. The summed E-state index contributed by atoms with van der Waals surface area (Å²) in [5.41, 5.74) is 0. The van der Waals surface area contributed by atoms with Crippen LogP contribution in [0.15, 0.2) is 0 Å². The van der Waals surface area contributed by atoms with Crippen LogP contribution < -0.4 is 10.6 Å². The van der Waals surface area contributed by atoms with Crippen molar-refractivity contribution in [2.24, 2.45) is 0 Å². The largest absolute Gasteiger partial charge is 0.336 e. The molecule has 1 saturated carbocycles.